The van der Waals surface area contributed by atoms with Gasteiger partial charge in [0.1, 0.15) is 5.78 Å². The van der Waals surface area contributed by atoms with E-state index in [1.165, 1.54) is 0 Å². The lowest BCUT2D eigenvalue weighted by atomic mass is 10.2. The Hall–Kier alpha value is -0.850. The summed E-state index contributed by atoms with van der Waals surface area (Å²) in [5.41, 5.74) is 0. The van der Waals surface area contributed by atoms with Crippen molar-refractivity contribution in [1.29, 1.82) is 0 Å². The topological polar surface area (TPSA) is 17.1 Å². The van der Waals surface area contributed by atoms with E-state index < -0.39 is 0 Å². The highest BCUT2D eigenvalue weighted by Crippen LogP contribution is 1.94. The third kappa shape index (κ3) is 9.15. The number of rotatable bonds is 5. The number of ketones is 1. The number of allylic oxidation sites excluding steroid dienone is 4. The molecule has 0 saturated heterocycles. The van der Waals surface area contributed by atoms with Crippen LogP contribution in [-0.4, -0.2) is 5.78 Å². The number of carbonyl (C=O) groups is 1. The van der Waals surface area contributed by atoms with Crippen LogP contribution in [0.25, 0.3) is 0 Å². The fourth-order valence-corrected chi connectivity index (χ4v) is 0.726. The summed E-state index contributed by atoms with van der Waals surface area (Å²) in [5, 5.41) is 0. The van der Waals surface area contributed by atoms with Gasteiger partial charge in [-0.05, 0) is 26.7 Å². The summed E-state index contributed by atoms with van der Waals surface area (Å²) in [7, 11) is 0. The zero-order valence-corrected chi connectivity index (χ0v) is 7.34. The van der Waals surface area contributed by atoms with Crippen LogP contribution < -0.4 is 0 Å². The first-order chi connectivity index (χ1) is 5.27. The summed E-state index contributed by atoms with van der Waals surface area (Å²) >= 11 is 0. The van der Waals surface area contributed by atoms with Crippen molar-refractivity contribution in [1.82, 2.24) is 0 Å². The Morgan fingerprint density at radius 1 is 1.18 bits per heavy atom. The third-order valence-electron chi connectivity index (χ3n) is 1.31. The van der Waals surface area contributed by atoms with E-state index in [-0.39, 0.29) is 5.78 Å². The van der Waals surface area contributed by atoms with Crippen molar-refractivity contribution in [3.8, 4) is 0 Å². The van der Waals surface area contributed by atoms with Crippen molar-refractivity contribution in [2.75, 3.05) is 0 Å². The second-order valence-electron chi connectivity index (χ2n) is 2.52. The second kappa shape index (κ2) is 7.26. The van der Waals surface area contributed by atoms with Gasteiger partial charge in [0.2, 0.25) is 0 Å². The number of unbranched alkanes of at least 4 members (excludes halogenated alkanes) is 1. The Balaban J connectivity index is 3.23. The van der Waals surface area contributed by atoms with E-state index >= 15 is 0 Å². The average molecular weight is 152 g/mol. The Bertz CT molecular complexity index is 154. The van der Waals surface area contributed by atoms with Crippen LogP contribution in [0, 0.1) is 0 Å². The Labute approximate surface area is 68.8 Å². The van der Waals surface area contributed by atoms with Crippen molar-refractivity contribution < 1.29 is 4.79 Å². The second-order valence-corrected chi connectivity index (χ2v) is 2.52. The molecule has 0 aliphatic rings. The van der Waals surface area contributed by atoms with Crippen molar-refractivity contribution in [2.45, 2.75) is 33.1 Å². The van der Waals surface area contributed by atoms with Crippen molar-refractivity contribution >= 4 is 5.78 Å². The molecular formula is C10H16O. The molecule has 0 aliphatic heterocycles. The van der Waals surface area contributed by atoms with Gasteiger partial charge in [-0.15, -0.1) is 0 Å². The van der Waals surface area contributed by atoms with E-state index in [9.17, 15) is 4.79 Å². The number of Topliss-reactive ketones (excluding diaryl/α,β-unsaturated/α-hetero) is 1. The molecule has 0 heterocycles. The molecule has 0 amide bonds. The minimum atomic E-state index is 0.229. The van der Waals surface area contributed by atoms with E-state index in [1.54, 1.807) is 6.92 Å². The van der Waals surface area contributed by atoms with Gasteiger partial charge in [0.15, 0.2) is 0 Å². The fourth-order valence-electron chi connectivity index (χ4n) is 0.726. The van der Waals surface area contributed by atoms with Crippen LogP contribution in [0.3, 0.4) is 0 Å². The summed E-state index contributed by atoms with van der Waals surface area (Å²) in [6.45, 7) is 3.62. The van der Waals surface area contributed by atoms with Gasteiger partial charge >= 0.3 is 0 Å². The predicted octanol–water partition coefficient (Wildman–Crippen LogP) is 2.88. The van der Waals surface area contributed by atoms with Crippen molar-refractivity contribution in [3.05, 3.63) is 24.3 Å². The molecule has 0 aliphatic carbocycles. The monoisotopic (exact) mass is 152 g/mol. The summed E-state index contributed by atoms with van der Waals surface area (Å²) in [5.74, 6) is 0.229. The summed E-state index contributed by atoms with van der Waals surface area (Å²) in [6, 6.07) is 0. The van der Waals surface area contributed by atoms with E-state index in [0.717, 1.165) is 12.8 Å². The normalized spacial score (nSPS) is 11.5. The van der Waals surface area contributed by atoms with Crippen LogP contribution in [0.2, 0.25) is 0 Å². The highest BCUT2D eigenvalue weighted by molar-refractivity contribution is 5.76. The first kappa shape index (κ1) is 10.2. The smallest absolute Gasteiger partial charge is 0.133 e. The molecule has 0 fully saturated rings. The van der Waals surface area contributed by atoms with Crippen molar-refractivity contribution in [3.63, 3.8) is 0 Å². The molecule has 0 aromatic rings. The van der Waals surface area contributed by atoms with Gasteiger partial charge in [-0.3, -0.25) is 4.79 Å². The molecule has 0 unspecified atom stereocenters. The van der Waals surface area contributed by atoms with Crippen LogP contribution >= 0.6 is 0 Å². The molecule has 0 aromatic carbocycles. The molecule has 1 heteroatoms. The highest BCUT2D eigenvalue weighted by Gasteiger charge is 1.84. The standard InChI is InChI=1S/C10H16O/c1-3-4-5-6-7-8-9-10(2)11/h3-4,7-8H,5-6,9H2,1-2H3/b4-3+,8-7+. The van der Waals surface area contributed by atoms with E-state index in [2.05, 4.69) is 12.2 Å². The van der Waals surface area contributed by atoms with E-state index in [4.69, 9.17) is 0 Å². The maximum atomic E-state index is 10.5. The van der Waals surface area contributed by atoms with Gasteiger partial charge in [0, 0.05) is 6.42 Å². The summed E-state index contributed by atoms with van der Waals surface area (Å²) in [4.78, 5) is 10.5. The van der Waals surface area contributed by atoms with Crippen LogP contribution in [0.4, 0.5) is 0 Å². The quantitative estimate of drug-likeness (QED) is 0.437. The predicted molar refractivity (Wildman–Crippen MR) is 48.5 cm³/mol. The maximum absolute atomic E-state index is 10.5. The largest absolute Gasteiger partial charge is 0.300 e. The molecule has 0 bridgehead atoms. The van der Waals surface area contributed by atoms with E-state index in [1.807, 2.05) is 19.1 Å². The first-order valence-electron chi connectivity index (χ1n) is 4.03. The van der Waals surface area contributed by atoms with Gasteiger partial charge in [-0.25, -0.2) is 0 Å². The molecule has 0 saturated carbocycles. The Morgan fingerprint density at radius 2 is 1.82 bits per heavy atom. The number of hydrogen-bond acceptors (Lipinski definition) is 1. The lowest BCUT2D eigenvalue weighted by molar-refractivity contribution is -0.116. The third-order valence-corrected chi connectivity index (χ3v) is 1.31. The molecule has 62 valence electrons. The van der Waals surface area contributed by atoms with Gasteiger partial charge in [-0.2, -0.15) is 0 Å². The maximum Gasteiger partial charge on any atom is 0.133 e. The molecule has 0 N–H and O–H groups in total. The average Bonchev–Trinajstić information content (AvgIpc) is 1.96. The molecule has 0 aromatic heterocycles. The van der Waals surface area contributed by atoms with Crippen LogP contribution in [0.1, 0.15) is 33.1 Å². The first-order valence-corrected chi connectivity index (χ1v) is 4.03. The Kier molecular flexibility index (Phi) is 6.70. The van der Waals surface area contributed by atoms with Gasteiger partial charge in [0.05, 0.1) is 0 Å². The minimum Gasteiger partial charge on any atom is -0.300 e. The van der Waals surface area contributed by atoms with Gasteiger partial charge in [0.25, 0.3) is 0 Å². The fraction of sp³-hybridized carbons (Fsp3) is 0.500. The molecule has 1 nitrogen and oxygen atoms in total. The van der Waals surface area contributed by atoms with Gasteiger partial charge < -0.3 is 0 Å². The lowest BCUT2D eigenvalue weighted by Gasteiger charge is -1.85. The SMILES string of the molecule is C/C=C/CC/C=C/CC(C)=O. The summed E-state index contributed by atoms with van der Waals surface area (Å²) < 4.78 is 0. The van der Waals surface area contributed by atoms with Crippen LogP contribution in [0.5, 0.6) is 0 Å². The summed E-state index contributed by atoms with van der Waals surface area (Å²) in [6.07, 6.45) is 10.8. The van der Waals surface area contributed by atoms with E-state index in [0.29, 0.717) is 6.42 Å². The number of hydrogen-bond donors (Lipinski definition) is 0. The van der Waals surface area contributed by atoms with Crippen LogP contribution in [0.15, 0.2) is 24.3 Å². The zero-order valence-electron chi connectivity index (χ0n) is 7.34. The van der Waals surface area contributed by atoms with Crippen molar-refractivity contribution in [2.24, 2.45) is 0 Å². The molecule has 11 heavy (non-hydrogen) atoms. The minimum absolute atomic E-state index is 0.229. The number of carbonyl (C=O) groups excluding carboxylic acids is 1. The van der Waals surface area contributed by atoms with Gasteiger partial charge in [-0.1, -0.05) is 24.3 Å². The molecule has 0 radical (unpaired) electrons. The molecule has 0 atom stereocenters. The molecular weight excluding hydrogens is 136 g/mol. The highest BCUT2D eigenvalue weighted by atomic mass is 16.1. The zero-order chi connectivity index (χ0) is 8.53. The molecule has 0 rings (SSSR count). The van der Waals surface area contributed by atoms with Crippen LogP contribution in [-0.2, 0) is 4.79 Å². The Morgan fingerprint density at radius 3 is 2.36 bits per heavy atom. The lowest BCUT2D eigenvalue weighted by Crippen LogP contribution is -1.83. The molecule has 0 spiro atoms.